The highest BCUT2D eigenvalue weighted by molar-refractivity contribution is 7.13. The molecule has 6 heteroatoms. The molecule has 1 amide bonds. The van der Waals surface area contributed by atoms with E-state index in [9.17, 15) is 4.79 Å². The number of nitrogens with zero attached hydrogens (tertiary/aromatic N) is 1. The average Bonchev–Trinajstić information content (AvgIpc) is 2.65. The van der Waals surface area contributed by atoms with Crippen molar-refractivity contribution >= 4 is 28.2 Å². The third-order valence-corrected chi connectivity index (χ3v) is 2.29. The minimum Gasteiger partial charge on any atom is -0.383 e. The van der Waals surface area contributed by atoms with Crippen LogP contribution in [0.3, 0.4) is 0 Å². The van der Waals surface area contributed by atoms with Crippen LogP contribution in [0, 0.1) is 0 Å². The molecule has 84 valence electrons. The zero-order valence-corrected chi connectivity index (χ0v) is 9.28. The van der Waals surface area contributed by atoms with Crippen LogP contribution >= 0.6 is 11.3 Å². The number of benzene rings is 1. The molecule has 0 bridgehead atoms. The fourth-order valence-electron chi connectivity index (χ4n) is 0.903. The number of primary amides is 1. The van der Waals surface area contributed by atoms with Crippen molar-refractivity contribution in [2.24, 2.45) is 5.73 Å². The standard InChI is InChI=1S/C7H7NO.C3H5N3S/c8-7(9)6-4-2-1-3-5-6;4-2-1-7-3(5)6-2/h1-5H,(H2,8,9);1H,4H2,(H2,5,6). The summed E-state index contributed by atoms with van der Waals surface area (Å²) in [5.74, 6) is 0.123. The summed E-state index contributed by atoms with van der Waals surface area (Å²) in [4.78, 5) is 14.1. The predicted molar refractivity (Wildman–Crippen MR) is 65.9 cm³/mol. The number of thiazole rings is 1. The summed E-state index contributed by atoms with van der Waals surface area (Å²) in [6.07, 6.45) is 0. The first-order chi connectivity index (χ1) is 7.59. The van der Waals surface area contributed by atoms with Crippen LogP contribution in [0.2, 0.25) is 0 Å². The van der Waals surface area contributed by atoms with E-state index in [1.54, 1.807) is 29.6 Å². The molecular weight excluding hydrogens is 224 g/mol. The van der Waals surface area contributed by atoms with E-state index in [-0.39, 0.29) is 5.91 Å². The van der Waals surface area contributed by atoms with E-state index in [2.05, 4.69) is 4.98 Å². The lowest BCUT2D eigenvalue weighted by atomic mass is 10.2. The van der Waals surface area contributed by atoms with Crippen molar-refractivity contribution in [1.82, 2.24) is 4.98 Å². The molecule has 1 aromatic carbocycles. The normalized spacial score (nSPS) is 9.00. The zero-order chi connectivity index (χ0) is 12.0. The van der Waals surface area contributed by atoms with Gasteiger partial charge < -0.3 is 17.2 Å². The van der Waals surface area contributed by atoms with Crippen molar-refractivity contribution in [3.8, 4) is 0 Å². The van der Waals surface area contributed by atoms with Gasteiger partial charge in [-0.25, -0.2) is 4.98 Å². The van der Waals surface area contributed by atoms with Crippen LogP contribution in [0.1, 0.15) is 10.4 Å². The average molecular weight is 236 g/mol. The Bertz CT molecular complexity index is 438. The highest BCUT2D eigenvalue weighted by atomic mass is 32.1. The number of aromatic nitrogens is 1. The molecule has 0 unspecified atom stereocenters. The Labute approximate surface area is 96.9 Å². The van der Waals surface area contributed by atoms with Gasteiger partial charge in [0.15, 0.2) is 5.13 Å². The number of hydrogen-bond acceptors (Lipinski definition) is 5. The zero-order valence-electron chi connectivity index (χ0n) is 8.46. The predicted octanol–water partition coefficient (Wildman–Crippen LogP) is 1.09. The van der Waals surface area contributed by atoms with Crippen LogP contribution in [-0.2, 0) is 0 Å². The van der Waals surface area contributed by atoms with Crippen molar-refractivity contribution in [3.05, 3.63) is 41.3 Å². The topological polar surface area (TPSA) is 108 Å². The molecule has 1 heterocycles. The number of carbonyl (C=O) groups is 1. The summed E-state index contributed by atoms with van der Waals surface area (Å²) in [7, 11) is 0. The van der Waals surface area contributed by atoms with Gasteiger partial charge in [0.25, 0.3) is 0 Å². The lowest BCUT2D eigenvalue weighted by Crippen LogP contribution is -2.09. The van der Waals surface area contributed by atoms with Crippen molar-refractivity contribution in [2.75, 3.05) is 11.5 Å². The Morgan fingerprint density at radius 2 is 1.81 bits per heavy atom. The van der Waals surface area contributed by atoms with Crippen molar-refractivity contribution < 1.29 is 4.79 Å². The van der Waals surface area contributed by atoms with Crippen LogP contribution in [0.15, 0.2) is 35.7 Å². The molecule has 0 saturated heterocycles. The van der Waals surface area contributed by atoms with Crippen LogP contribution in [0.25, 0.3) is 0 Å². The number of amides is 1. The number of carbonyl (C=O) groups excluding carboxylic acids is 1. The van der Waals surface area contributed by atoms with Gasteiger partial charge in [-0.3, -0.25) is 4.79 Å². The molecule has 2 rings (SSSR count). The SMILES string of the molecule is NC(=O)c1ccccc1.Nc1csc(N)n1. The van der Waals surface area contributed by atoms with E-state index in [4.69, 9.17) is 17.2 Å². The Kier molecular flexibility index (Phi) is 4.28. The smallest absolute Gasteiger partial charge is 0.248 e. The summed E-state index contributed by atoms with van der Waals surface area (Å²) >= 11 is 1.35. The van der Waals surface area contributed by atoms with Gasteiger partial charge in [0.1, 0.15) is 5.82 Å². The van der Waals surface area contributed by atoms with Gasteiger partial charge in [0.05, 0.1) is 0 Å². The van der Waals surface area contributed by atoms with E-state index in [1.807, 2.05) is 6.07 Å². The number of rotatable bonds is 1. The van der Waals surface area contributed by atoms with E-state index < -0.39 is 0 Å². The first kappa shape index (κ1) is 12.0. The fourth-order valence-corrected chi connectivity index (χ4v) is 1.36. The summed E-state index contributed by atoms with van der Waals surface area (Å²) in [5, 5.41) is 2.23. The second-order valence-electron chi connectivity index (χ2n) is 2.84. The van der Waals surface area contributed by atoms with Crippen LogP contribution in [0.4, 0.5) is 10.9 Å². The van der Waals surface area contributed by atoms with E-state index >= 15 is 0 Å². The number of nitrogens with two attached hydrogens (primary N) is 3. The molecule has 0 radical (unpaired) electrons. The Hall–Kier alpha value is -2.08. The molecule has 2 aromatic rings. The quantitative estimate of drug-likeness (QED) is 0.688. The second-order valence-corrected chi connectivity index (χ2v) is 3.73. The van der Waals surface area contributed by atoms with Crippen LogP contribution in [0.5, 0.6) is 0 Å². The maximum atomic E-state index is 10.4. The molecule has 16 heavy (non-hydrogen) atoms. The lowest BCUT2D eigenvalue weighted by Gasteiger charge is -1.89. The number of anilines is 2. The highest BCUT2D eigenvalue weighted by Gasteiger charge is 1.93. The summed E-state index contributed by atoms with van der Waals surface area (Å²) in [6.45, 7) is 0. The molecule has 6 N–H and O–H groups in total. The van der Waals surface area contributed by atoms with Gasteiger partial charge in [-0.05, 0) is 12.1 Å². The molecule has 0 aliphatic heterocycles. The largest absolute Gasteiger partial charge is 0.383 e. The Balaban J connectivity index is 0.000000165. The van der Waals surface area contributed by atoms with Crippen molar-refractivity contribution in [3.63, 3.8) is 0 Å². The highest BCUT2D eigenvalue weighted by Crippen LogP contribution is 2.10. The summed E-state index contributed by atoms with van der Waals surface area (Å²) in [6, 6.07) is 8.76. The molecule has 0 aliphatic carbocycles. The van der Waals surface area contributed by atoms with Gasteiger partial charge in [-0.1, -0.05) is 18.2 Å². The number of nitrogen functional groups attached to an aromatic ring is 2. The Morgan fingerprint density at radius 1 is 1.19 bits per heavy atom. The fraction of sp³-hybridized carbons (Fsp3) is 0. The summed E-state index contributed by atoms with van der Waals surface area (Å²) < 4.78 is 0. The molecule has 0 atom stereocenters. The molecule has 0 saturated carbocycles. The molecule has 1 aromatic heterocycles. The van der Waals surface area contributed by atoms with Crippen LogP contribution < -0.4 is 17.2 Å². The second kappa shape index (κ2) is 5.72. The minimum atomic E-state index is -0.379. The monoisotopic (exact) mass is 236 g/mol. The van der Waals surface area contributed by atoms with E-state index in [0.717, 1.165) is 0 Å². The summed E-state index contributed by atoms with van der Waals surface area (Å²) in [5.41, 5.74) is 15.9. The van der Waals surface area contributed by atoms with Gasteiger partial charge in [0, 0.05) is 10.9 Å². The lowest BCUT2D eigenvalue weighted by molar-refractivity contribution is 0.100. The van der Waals surface area contributed by atoms with Gasteiger partial charge in [0.2, 0.25) is 5.91 Å². The third kappa shape index (κ3) is 3.97. The molecule has 0 aliphatic rings. The van der Waals surface area contributed by atoms with Gasteiger partial charge in [-0.15, -0.1) is 11.3 Å². The van der Waals surface area contributed by atoms with Gasteiger partial charge in [-0.2, -0.15) is 0 Å². The minimum absolute atomic E-state index is 0.379. The third-order valence-electron chi connectivity index (χ3n) is 1.60. The Morgan fingerprint density at radius 3 is 2.06 bits per heavy atom. The maximum Gasteiger partial charge on any atom is 0.248 e. The van der Waals surface area contributed by atoms with Crippen molar-refractivity contribution in [1.29, 1.82) is 0 Å². The first-order valence-corrected chi connectivity index (χ1v) is 5.29. The van der Waals surface area contributed by atoms with E-state index in [0.29, 0.717) is 16.5 Å². The first-order valence-electron chi connectivity index (χ1n) is 4.41. The van der Waals surface area contributed by atoms with Crippen molar-refractivity contribution in [2.45, 2.75) is 0 Å². The molecule has 5 nitrogen and oxygen atoms in total. The molecule has 0 fully saturated rings. The maximum absolute atomic E-state index is 10.4. The van der Waals surface area contributed by atoms with E-state index in [1.165, 1.54) is 11.3 Å². The van der Waals surface area contributed by atoms with Gasteiger partial charge >= 0.3 is 0 Å². The molecule has 0 spiro atoms. The number of hydrogen-bond donors (Lipinski definition) is 3. The molecular formula is C10H12N4OS. The van der Waals surface area contributed by atoms with Crippen LogP contribution in [-0.4, -0.2) is 10.9 Å².